The van der Waals surface area contributed by atoms with Gasteiger partial charge in [-0.1, -0.05) is 18.2 Å². The van der Waals surface area contributed by atoms with Crippen LogP contribution in [0.2, 0.25) is 0 Å². The van der Waals surface area contributed by atoms with Crippen LogP contribution in [-0.2, 0) is 7.05 Å². The van der Waals surface area contributed by atoms with Crippen molar-refractivity contribution in [3.05, 3.63) is 58.6 Å². The molecule has 1 saturated heterocycles. The van der Waals surface area contributed by atoms with Crippen LogP contribution in [-0.4, -0.2) is 46.9 Å². The highest BCUT2D eigenvalue weighted by Crippen LogP contribution is 2.19. The molecule has 27 heavy (non-hydrogen) atoms. The summed E-state index contributed by atoms with van der Waals surface area (Å²) in [5.41, 5.74) is 0.975. The summed E-state index contributed by atoms with van der Waals surface area (Å²) in [4.78, 5) is 31.5. The zero-order valence-corrected chi connectivity index (χ0v) is 15.0. The highest BCUT2D eigenvalue weighted by atomic mass is 16.2. The summed E-state index contributed by atoms with van der Waals surface area (Å²) in [5, 5.41) is 11.3. The standard InChI is InChI=1S/C19H20N6O2/c1-24-19(27)15-5-3-2-4-14(15)17(23-24)18(26)22-16-12-13(6-7-21-16)25-10-8-20-9-11-25/h2-7,12,20H,8-11H2,1H3,(H,21,22,26). The Morgan fingerprint density at radius 3 is 2.67 bits per heavy atom. The molecule has 1 aliphatic heterocycles. The molecular formula is C19H20N6O2. The van der Waals surface area contributed by atoms with Crippen molar-refractivity contribution in [3.8, 4) is 0 Å². The molecule has 1 aromatic carbocycles. The molecule has 8 heteroatoms. The first-order valence-corrected chi connectivity index (χ1v) is 8.82. The summed E-state index contributed by atoms with van der Waals surface area (Å²) < 4.78 is 1.18. The zero-order valence-electron chi connectivity index (χ0n) is 15.0. The molecule has 0 atom stereocenters. The molecule has 4 rings (SSSR count). The molecule has 2 N–H and O–H groups in total. The molecule has 3 aromatic rings. The summed E-state index contributed by atoms with van der Waals surface area (Å²) in [5.74, 6) is 0.0579. The van der Waals surface area contributed by atoms with Gasteiger partial charge in [0.15, 0.2) is 5.69 Å². The fourth-order valence-electron chi connectivity index (χ4n) is 3.25. The summed E-state index contributed by atoms with van der Waals surface area (Å²) in [6.07, 6.45) is 1.68. The second-order valence-electron chi connectivity index (χ2n) is 6.41. The molecule has 0 saturated carbocycles. The SMILES string of the molecule is Cn1nc(C(=O)Nc2cc(N3CCNCC3)ccn2)c2ccccc2c1=O. The Hall–Kier alpha value is -3.26. The van der Waals surface area contributed by atoms with Gasteiger partial charge in [0.1, 0.15) is 5.82 Å². The Balaban J connectivity index is 1.64. The first kappa shape index (κ1) is 17.2. The number of fused-ring (bicyclic) bond motifs is 1. The number of aromatic nitrogens is 3. The minimum absolute atomic E-state index is 0.196. The molecule has 0 aliphatic carbocycles. The van der Waals surface area contributed by atoms with Crippen LogP contribution in [0.3, 0.4) is 0 Å². The van der Waals surface area contributed by atoms with E-state index < -0.39 is 5.91 Å². The van der Waals surface area contributed by atoms with E-state index in [1.165, 1.54) is 11.7 Å². The molecule has 0 unspecified atom stereocenters. The minimum atomic E-state index is -0.397. The van der Waals surface area contributed by atoms with Gasteiger partial charge in [0.2, 0.25) is 0 Å². The molecule has 1 aliphatic rings. The van der Waals surface area contributed by atoms with Crippen molar-refractivity contribution in [2.24, 2.45) is 7.05 Å². The third kappa shape index (κ3) is 3.39. The van der Waals surface area contributed by atoms with Crippen molar-refractivity contribution in [1.82, 2.24) is 20.1 Å². The number of piperazine rings is 1. The Bertz CT molecular complexity index is 1060. The van der Waals surface area contributed by atoms with Crippen molar-refractivity contribution in [1.29, 1.82) is 0 Å². The molecule has 1 fully saturated rings. The lowest BCUT2D eigenvalue weighted by molar-refractivity contribution is 0.102. The Morgan fingerprint density at radius 2 is 1.89 bits per heavy atom. The lowest BCUT2D eigenvalue weighted by atomic mass is 10.1. The maximum absolute atomic E-state index is 12.8. The van der Waals surface area contributed by atoms with Gasteiger partial charge < -0.3 is 15.5 Å². The number of amides is 1. The van der Waals surface area contributed by atoms with Crippen molar-refractivity contribution >= 4 is 28.2 Å². The van der Waals surface area contributed by atoms with Gasteiger partial charge in [-0.15, -0.1) is 0 Å². The van der Waals surface area contributed by atoms with E-state index in [0.717, 1.165) is 31.9 Å². The number of carbonyl (C=O) groups is 1. The van der Waals surface area contributed by atoms with Gasteiger partial charge in [-0.3, -0.25) is 9.59 Å². The van der Waals surface area contributed by atoms with E-state index in [-0.39, 0.29) is 11.3 Å². The second kappa shape index (κ2) is 7.16. The zero-order chi connectivity index (χ0) is 18.8. The highest BCUT2D eigenvalue weighted by Gasteiger charge is 2.17. The molecule has 0 radical (unpaired) electrons. The second-order valence-corrected chi connectivity index (χ2v) is 6.41. The number of rotatable bonds is 3. The Labute approximate surface area is 155 Å². The van der Waals surface area contributed by atoms with Gasteiger partial charge in [0, 0.05) is 56.6 Å². The summed E-state index contributed by atoms with van der Waals surface area (Å²) in [6, 6.07) is 10.8. The lowest BCUT2D eigenvalue weighted by Crippen LogP contribution is -2.43. The largest absolute Gasteiger partial charge is 0.369 e. The number of hydrogen-bond acceptors (Lipinski definition) is 6. The maximum Gasteiger partial charge on any atom is 0.277 e. The van der Waals surface area contributed by atoms with Crippen LogP contribution in [0.5, 0.6) is 0 Å². The third-order valence-corrected chi connectivity index (χ3v) is 4.64. The first-order valence-electron chi connectivity index (χ1n) is 8.82. The van der Waals surface area contributed by atoms with Crippen molar-refractivity contribution in [2.75, 3.05) is 36.4 Å². The van der Waals surface area contributed by atoms with Crippen LogP contribution in [0, 0.1) is 0 Å². The normalized spacial score (nSPS) is 14.3. The molecule has 0 bridgehead atoms. The van der Waals surface area contributed by atoms with Crippen molar-refractivity contribution in [2.45, 2.75) is 0 Å². The lowest BCUT2D eigenvalue weighted by Gasteiger charge is -2.29. The number of anilines is 2. The predicted molar refractivity (Wildman–Crippen MR) is 104 cm³/mol. The van der Waals surface area contributed by atoms with Gasteiger partial charge in [0.05, 0.1) is 5.39 Å². The number of pyridine rings is 1. The fourth-order valence-corrected chi connectivity index (χ4v) is 3.25. The number of nitrogens with zero attached hydrogens (tertiary/aromatic N) is 4. The number of benzene rings is 1. The monoisotopic (exact) mass is 364 g/mol. The molecule has 138 valence electrons. The predicted octanol–water partition coefficient (Wildman–Crippen LogP) is 0.990. The van der Waals surface area contributed by atoms with Crippen LogP contribution >= 0.6 is 0 Å². The Kier molecular flexibility index (Phi) is 4.55. The van der Waals surface area contributed by atoms with Gasteiger partial charge in [-0.2, -0.15) is 5.10 Å². The van der Waals surface area contributed by atoms with Gasteiger partial charge in [-0.25, -0.2) is 9.67 Å². The average molecular weight is 364 g/mol. The van der Waals surface area contributed by atoms with Crippen LogP contribution in [0.15, 0.2) is 47.4 Å². The molecular weight excluding hydrogens is 344 g/mol. The van der Waals surface area contributed by atoms with Gasteiger partial charge in [-0.05, 0) is 12.1 Å². The van der Waals surface area contributed by atoms with E-state index >= 15 is 0 Å². The van der Waals surface area contributed by atoms with E-state index in [1.54, 1.807) is 30.5 Å². The molecule has 2 aromatic heterocycles. The van der Waals surface area contributed by atoms with Crippen molar-refractivity contribution in [3.63, 3.8) is 0 Å². The maximum atomic E-state index is 12.8. The highest BCUT2D eigenvalue weighted by molar-refractivity contribution is 6.10. The smallest absolute Gasteiger partial charge is 0.277 e. The van der Waals surface area contributed by atoms with Gasteiger partial charge >= 0.3 is 0 Å². The molecule has 3 heterocycles. The topological polar surface area (TPSA) is 92.2 Å². The van der Waals surface area contributed by atoms with E-state index in [2.05, 4.69) is 25.6 Å². The minimum Gasteiger partial charge on any atom is -0.369 e. The molecule has 0 spiro atoms. The fraction of sp³-hybridized carbons (Fsp3) is 0.263. The quantitative estimate of drug-likeness (QED) is 0.720. The Morgan fingerprint density at radius 1 is 1.15 bits per heavy atom. The number of carbonyl (C=O) groups excluding carboxylic acids is 1. The van der Waals surface area contributed by atoms with Crippen LogP contribution < -0.4 is 21.1 Å². The third-order valence-electron chi connectivity index (χ3n) is 4.64. The van der Waals surface area contributed by atoms with Crippen LogP contribution in [0.4, 0.5) is 11.5 Å². The van der Waals surface area contributed by atoms with Crippen LogP contribution in [0.1, 0.15) is 10.5 Å². The number of aryl methyl sites for hydroxylation is 1. The summed E-state index contributed by atoms with van der Waals surface area (Å²) in [6.45, 7) is 3.67. The first-order chi connectivity index (χ1) is 13.1. The van der Waals surface area contributed by atoms with Crippen molar-refractivity contribution < 1.29 is 4.79 Å². The van der Waals surface area contributed by atoms with Gasteiger partial charge in [0.25, 0.3) is 11.5 Å². The molecule has 1 amide bonds. The van der Waals surface area contributed by atoms with E-state index in [0.29, 0.717) is 16.6 Å². The number of hydrogen-bond donors (Lipinski definition) is 2. The number of nitrogens with one attached hydrogen (secondary N) is 2. The van der Waals surface area contributed by atoms with E-state index in [1.807, 2.05) is 12.1 Å². The van der Waals surface area contributed by atoms with E-state index in [4.69, 9.17) is 0 Å². The molecule has 8 nitrogen and oxygen atoms in total. The average Bonchev–Trinajstić information content (AvgIpc) is 2.71. The summed E-state index contributed by atoms with van der Waals surface area (Å²) >= 11 is 0. The summed E-state index contributed by atoms with van der Waals surface area (Å²) in [7, 11) is 1.54. The van der Waals surface area contributed by atoms with E-state index in [9.17, 15) is 9.59 Å². The van der Waals surface area contributed by atoms with Crippen LogP contribution in [0.25, 0.3) is 10.8 Å².